The molecule has 0 fully saturated rings. The van der Waals surface area contributed by atoms with Gasteiger partial charge in [0.2, 0.25) is 0 Å². The lowest BCUT2D eigenvalue weighted by Crippen LogP contribution is -1.95. The van der Waals surface area contributed by atoms with Crippen molar-refractivity contribution in [3.8, 4) is 21.9 Å². The Morgan fingerprint density at radius 2 is 2.00 bits per heavy atom. The second kappa shape index (κ2) is 8.36. The van der Waals surface area contributed by atoms with Gasteiger partial charge in [0.25, 0.3) is 0 Å². The largest absolute Gasteiger partial charge is 0.504 e. The van der Waals surface area contributed by atoms with E-state index in [0.717, 1.165) is 20.7 Å². The van der Waals surface area contributed by atoms with Crippen molar-refractivity contribution in [3.05, 3.63) is 59.9 Å². The number of thiophene rings is 1. The van der Waals surface area contributed by atoms with Gasteiger partial charge in [-0.05, 0) is 41.5 Å². The summed E-state index contributed by atoms with van der Waals surface area (Å²) in [5, 5.41) is 24.0. The number of hydrazone groups is 1. The summed E-state index contributed by atoms with van der Waals surface area (Å²) in [6.07, 6.45) is 2.99. The third-order valence-corrected chi connectivity index (χ3v) is 5.76. The van der Waals surface area contributed by atoms with Crippen LogP contribution in [0.25, 0.3) is 20.7 Å². The number of phenols is 1. The van der Waals surface area contributed by atoms with E-state index >= 15 is 0 Å². The van der Waals surface area contributed by atoms with E-state index in [1.165, 1.54) is 24.8 Å². The summed E-state index contributed by atoms with van der Waals surface area (Å²) in [6.45, 7) is -0.148. The van der Waals surface area contributed by atoms with Gasteiger partial charge in [0.15, 0.2) is 17.3 Å². The van der Waals surface area contributed by atoms with Gasteiger partial charge in [-0.25, -0.2) is 9.97 Å². The van der Waals surface area contributed by atoms with Gasteiger partial charge in [-0.1, -0.05) is 12.1 Å². The molecule has 0 amide bonds. The molecule has 30 heavy (non-hydrogen) atoms. The number of phenolic OH excluding ortho intramolecular Hbond substituents is 1. The van der Waals surface area contributed by atoms with Crippen LogP contribution in [-0.2, 0) is 6.61 Å². The summed E-state index contributed by atoms with van der Waals surface area (Å²) in [7, 11) is 1.49. The molecule has 0 aliphatic heterocycles. The predicted molar refractivity (Wildman–Crippen MR) is 119 cm³/mol. The second-order valence-corrected chi connectivity index (χ2v) is 7.41. The van der Waals surface area contributed by atoms with E-state index in [0.29, 0.717) is 28.3 Å². The number of hydrogen-bond acceptors (Lipinski definition) is 9. The van der Waals surface area contributed by atoms with E-state index in [4.69, 9.17) is 10.5 Å². The Bertz CT molecular complexity index is 1220. The number of methoxy groups -OCH3 is 1. The van der Waals surface area contributed by atoms with Gasteiger partial charge in [0.1, 0.15) is 6.33 Å². The van der Waals surface area contributed by atoms with Gasteiger partial charge >= 0.3 is 0 Å². The molecule has 0 aliphatic carbocycles. The van der Waals surface area contributed by atoms with Gasteiger partial charge < -0.3 is 20.7 Å². The molecule has 2 heterocycles. The van der Waals surface area contributed by atoms with Crippen molar-refractivity contribution < 1.29 is 14.9 Å². The molecule has 2 aromatic heterocycles. The van der Waals surface area contributed by atoms with Crippen molar-refractivity contribution in [1.29, 1.82) is 0 Å². The van der Waals surface area contributed by atoms with Crippen LogP contribution in [0.2, 0.25) is 0 Å². The maximum Gasteiger partial charge on any atom is 0.167 e. The van der Waals surface area contributed by atoms with Crippen LogP contribution in [0.1, 0.15) is 11.1 Å². The molecule has 0 spiro atoms. The molecule has 4 rings (SSSR count). The molecule has 2 aromatic carbocycles. The number of nitrogen functional groups attached to an aromatic ring is 1. The first-order valence-corrected chi connectivity index (χ1v) is 9.81. The minimum atomic E-state index is -0.148. The average Bonchev–Trinajstić information content (AvgIpc) is 3.14. The summed E-state index contributed by atoms with van der Waals surface area (Å²) < 4.78 is 5.82. The summed E-state index contributed by atoms with van der Waals surface area (Å²) in [4.78, 5) is 9.53. The van der Waals surface area contributed by atoms with Crippen LogP contribution in [0, 0.1) is 0 Å². The topological polar surface area (TPSA) is 126 Å². The van der Waals surface area contributed by atoms with Gasteiger partial charge in [-0.3, -0.25) is 5.43 Å². The third-order valence-electron chi connectivity index (χ3n) is 4.49. The number of fused-ring (bicyclic) bond motifs is 1. The van der Waals surface area contributed by atoms with E-state index < -0.39 is 0 Å². The van der Waals surface area contributed by atoms with Crippen molar-refractivity contribution >= 4 is 39.3 Å². The molecule has 5 N–H and O–H groups in total. The van der Waals surface area contributed by atoms with Gasteiger partial charge in [0.05, 0.1) is 30.1 Å². The zero-order valence-electron chi connectivity index (χ0n) is 16.0. The number of aliphatic hydroxyl groups is 1. The van der Waals surface area contributed by atoms with Crippen LogP contribution in [-0.4, -0.2) is 33.5 Å². The van der Waals surface area contributed by atoms with Crippen molar-refractivity contribution in [3.63, 3.8) is 0 Å². The molecular weight excluding hydrogens is 402 g/mol. The Kier molecular flexibility index (Phi) is 5.46. The highest BCUT2D eigenvalue weighted by atomic mass is 32.1. The van der Waals surface area contributed by atoms with Crippen molar-refractivity contribution in [2.24, 2.45) is 5.10 Å². The molecule has 9 heteroatoms. The molecule has 0 aliphatic rings. The van der Waals surface area contributed by atoms with Crippen molar-refractivity contribution in [1.82, 2.24) is 9.97 Å². The highest BCUT2D eigenvalue weighted by Crippen LogP contribution is 2.40. The third kappa shape index (κ3) is 3.76. The fourth-order valence-electron chi connectivity index (χ4n) is 3.01. The molecule has 0 saturated heterocycles. The summed E-state index contributed by atoms with van der Waals surface area (Å²) in [5.41, 5.74) is 12.4. The minimum absolute atomic E-state index is 0.0323. The molecular formula is C21H19N5O3S. The van der Waals surface area contributed by atoms with E-state index in [2.05, 4.69) is 20.5 Å². The molecule has 152 valence electrons. The maximum atomic E-state index is 9.94. The zero-order valence-corrected chi connectivity index (χ0v) is 16.8. The lowest BCUT2D eigenvalue weighted by atomic mass is 10.1. The number of nitrogens with one attached hydrogen (secondary N) is 1. The first kappa shape index (κ1) is 19.6. The van der Waals surface area contributed by atoms with E-state index in [-0.39, 0.29) is 12.4 Å². The van der Waals surface area contributed by atoms with Crippen LogP contribution in [0.5, 0.6) is 11.5 Å². The Hall–Kier alpha value is -3.69. The SMILES string of the molecule is COc1ccc(C=NNc2ncnc3c(CO)c(-c4ccc(N)cc4)sc23)cc1O. The Labute approximate surface area is 176 Å². The molecule has 0 atom stereocenters. The lowest BCUT2D eigenvalue weighted by Gasteiger charge is -2.03. The lowest BCUT2D eigenvalue weighted by molar-refractivity contribution is 0.284. The normalized spacial score (nSPS) is 11.3. The summed E-state index contributed by atoms with van der Waals surface area (Å²) in [5.74, 6) is 0.947. The zero-order chi connectivity index (χ0) is 21.1. The van der Waals surface area contributed by atoms with Gasteiger partial charge in [0, 0.05) is 16.1 Å². The predicted octanol–water partition coefficient (Wildman–Crippen LogP) is 3.59. The number of nitrogens with zero attached hydrogens (tertiary/aromatic N) is 3. The highest BCUT2D eigenvalue weighted by molar-refractivity contribution is 7.23. The Balaban J connectivity index is 1.66. The Morgan fingerprint density at radius 3 is 2.70 bits per heavy atom. The van der Waals surface area contributed by atoms with Crippen molar-refractivity contribution in [2.45, 2.75) is 6.61 Å². The molecule has 0 bridgehead atoms. The number of benzene rings is 2. The van der Waals surface area contributed by atoms with Crippen LogP contribution in [0.3, 0.4) is 0 Å². The van der Waals surface area contributed by atoms with E-state index in [1.807, 2.05) is 24.3 Å². The van der Waals surface area contributed by atoms with Gasteiger partial charge in [-0.15, -0.1) is 11.3 Å². The van der Waals surface area contributed by atoms with Crippen LogP contribution in [0.4, 0.5) is 11.5 Å². The highest BCUT2D eigenvalue weighted by Gasteiger charge is 2.17. The molecule has 0 radical (unpaired) electrons. The quantitative estimate of drug-likeness (QED) is 0.213. The number of nitrogens with two attached hydrogens (primary N) is 1. The van der Waals surface area contributed by atoms with Crippen molar-refractivity contribution in [2.75, 3.05) is 18.3 Å². The van der Waals surface area contributed by atoms with Crippen LogP contribution < -0.4 is 15.9 Å². The standard InChI is InChI=1S/C21H19N5O3S/c1-29-17-7-2-12(8-16(17)28)9-25-26-21-20-18(23-11-24-21)15(10-27)19(30-20)13-3-5-14(22)6-4-13/h2-9,11,27-28H,10,22H2,1H3,(H,23,24,26). The smallest absolute Gasteiger partial charge is 0.167 e. The maximum absolute atomic E-state index is 9.94. The average molecular weight is 421 g/mol. The molecule has 0 unspecified atom stereocenters. The van der Waals surface area contributed by atoms with Crippen LogP contribution in [0.15, 0.2) is 53.9 Å². The number of aliphatic hydroxyl groups excluding tert-OH is 1. The number of hydrogen-bond donors (Lipinski definition) is 4. The number of ether oxygens (including phenoxy) is 1. The van der Waals surface area contributed by atoms with E-state index in [1.54, 1.807) is 24.4 Å². The van der Waals surface area contributed by atoms with Crippen LogP contribution >= 0.6 is 11.3 Å². The first-order valence-electron chi connectivity index (χ1n) is 9.00. The van der Waals surface area contributed by atoms with E-state index in [9.17, 15) is 10.2 Å². The summed E-state index contributed by atoms with van der Waals surface area (Å²) >= 11 is 1.47. The summed E-state index contributed by atoms with van der Waals surface area (Å²) in [6, 6.07) is 12.4. The number of aromatic nitrogens is 2. The molecule has 0 saturated carbocycles. The molecule has 4 aromatic rings. The number of rotatable bonds is 6. The first-order chi connectivity index (χ1) is 14.6. The minimum Gasteiger partial charge on any atom is -0.504 e. The molecule has 8 nitrogen and oxygen atoms in total. The number of aromatic hydroxyl groups is 1. The monoisotopic (exact) mass is 421 g/mol. The number of anilines is 2. The fourth-order valence-corrected chi connectivity index (χ4v) is 4.22. The van der Waals surface area contributed by atoms with Gasteiger partial charge in [-0.2, -0.15) is 5.10 Å². The Morgan fingerprint density at radius 1 is 1.20 bits per heavy atom. The second-order valence-electron chi connectivity index (χ2n) is 6.39. The fraction of sp³-hybridized carbons (Fsp3) is 0.0952.